The van der Waals surface area contributed by atoms with Crippen molar-refractivity contribution in [2.45, 2.75) is 20.5 Å². The molecule has 0 amide bonds. The molecule has 2 aliphatic rings. The van der Waals surface area contributed by atoms with Gasteiger partial charge in [0.05, 0.1) is 40.6 Å². The second-order valence-electron chi connectivity index (χ2n) is 13.9. The first-order valence-electron chi connectivity index (χ1n) is 18.2. The van der Waals surface area contributed by atoms with Gasteiger partial charge in [-0.3, -0.25) is 4.79 Å². The smallest absolute Gasteiger partial charge is 0.338 e. The molecule has 56 heavy (non-hydrogen) atoms. The third-order valence-electron chi connectivity index (χ3n) is 11.0. The number of fused-ring (bicyclic) bond motifs is 6. The average molecular weight is 745 g/mol. The Morgan fingerprint density at radius 3 is 1.68 bits per heavy atom. The monoisotopic (exact) mass is 744 g/mol. The van der Waals surface area contributed by atoms with E-state index in [1.807, 2.05) is 49.4 Å². The van der Waals surface area contributed by atoms with Gasteiger partial charge in [0, 0.05) is 22.3 Å². The van der Waals surface area contributed by atoms with E-state index in [4.69, 9.17) is 18.9 Å². The van der Waals surface area contributed by atoms with Crippen molar-refractivity contribution in [1.29, 1.82) is 0 Å². The number of aliphatic hydroxyl groups excluding tert-OH is 2. The molecule has 280 valence electrons. The first-order valence-corrected chi connectivity index (χ1v) is 18.2. The zero-order valence-corrected chi connectivity index (χ0v) is 32.0. The fourth-order valence-corrected chi connectivity index (χ4v) is 8.63. The topological polar surface area (TPSA) is 112 Å². The third-order valence-corrected chi connectivity index (χ3v) is 11.0. The summed E-state index contributed by atoms with van der Waals surface area (Å²) in [6, 6.07) is 31.7. The summed E-state index contributed by atoms with van der Waals surface area (Å²) in [4.78, 5) is 26.5. The van der Waals surface area contributed by atoms with E-state index in [-0.39, 0.29) is 6.61 Å². The van der Waals surface area contributed by atoms with E-state index in [2.05, 4.69) is 43.3 Å². The Hall–Kier alpha value is -6.48. The number of ketones is 1. The van der Waals surface area contributed by atoms with E-state index >= 15 is 0 Å². The molecule has 2 N–H and O–H groups in total. The second-order valence-corrected chi connectivity index (χ2v) is 13.9. The molecule has 6 aromatic rings. The molecule has 0 heterocycles. The number of carbonyl (C=O) groups excluding carboxylic acids is 2. The highest BCUT2D eigenvalue weighted by Crippen LogP contribution is 2.50. The van der Waals surface area contributed by atoms with Crippen molar-refractivity contribution >= 4 is 22.9 Å². The first kappa shape index (κ1) is 36.5. The molecule has 8 nitrogen and oxygen atoms in total. The van der Waals surface area contributed by atoms with E-state index in [0.29, 0.717) is 50.6 Å². The molecule has 6 aromatic carbocycles. The number of aliphatic hydroxyl groups is 2. The molecule has 2 aliphatic carbocycles. The molecule has 0 saturated carbocycles. The van der Waals surface area contributed by atoms with Gasteiger partial charge in [0.15, 0.2) is 17.3 Å². The molecular weight excluding hydrogens is 705 g/mol. The maximum Gasteiger partial charge on any atom is 0.338 e. The summed E-state index contributed by atoms with van der Waals surface area (Å²) in [5.41, 5.74) is 13.5. The van der Waals surface area contributed by atoms with Crippen LogP contribution in [0.3, 0.4) is 0 Å². The van der Waals surface area contributed by atoms with E-state index in [1.165, 1.54) is 7.11 Å². The number of esters is 1. The minimum atomic E-state index is -0.640. The van der Waals surface area contributed by atoms with Crippen LogP contribution in [0, 0.1) is 13.8 Å². The summed E-state index contributed by atoms with van der Waals surface area (Å²) in [5.74, 6) is 0.625. The predicted molar refractivity (Wildman–Crippen MR) is 216 cm³/mol. The SMILES string of the molecule is COC(=O)c1ccccc1C1=c2cc3c(cc2-c2ccc(C)cc21)=C(c1ccccc1C(=O)CO)c1cc(-c2c(CO)c(OC)c(C)c(OC)c2OC)ccc1-3. The van der Waals surface area contributed by atoms with Crippen LogP contribution in [0.25, 0.3) is 44.5 Å². The number of hydrogen-bond donors (Lipinski definition) is 2. The Labute approximate surface area is 324 Å². The Morgan fingerprint density at radius 2 is 1.11 bits per heavy atom. The highest BCUT2D eigenvalue weighted by Gasteiger charge is 2.32. The fourth-order valence-electron chi connectivity index (χ4n) is 8.63. The molecule has 0 unspecified atom stereocenters. The van der Waals surface area contributed by atoms with Gasteiger partial charge in [-0.15, -0.1) is 0 Å². The molecule has 0 saturated heterocycles. The van der Waals surface area contributed by atoms with Crippen LogP contribution in [0.4, 0.5) is 0 Å². The minimum Gasteiger partial charge on any atom is -0.496 e. The van der Waals surface area contributed by atoms with Gasteiger partial charge in [0.25, 0.3) is 0 Å². The van der Waals surface area contributed by atoms with Gasteiger partial charge in [-0.1, -0.05) is 78.4 Å². The number of hydrogen-bond acceptors (Lipinski definition) is 8. The fraction of sp³-hybridized carbons (Fsp3) is 0.167. The number of Topliss-reactive ketones (excluding diaryl/α,β-unsaturated/α-hetero) is 1. The quantitative estimate of drug-likeness (QED) is 0.115. The Kier molecular flexibility index (Phi) is 9.32. The summed E-state index contributed by atoms with van der Waals surface area (Å²) in [6.07, 6.45) is 0. The molecule has 0 radical (unpaired) electrons. The van der Waals surface area contributed by atoms with Crippen LogP contribution < -0.4 is 24.6 Å². The summed E-state index contributed by atoms with van der Waals surface area (Å²) < 4.78 is 22.9. The lowest BCUT2D eigenvalue weighted by atomic mass is 9.88. The number of carbonyl (C=O) groups is 2. The molecule has 0 atom stereocenters. The Morgan fingerprint density at radius 1 is 0.554 bits per heavy atom. The van der Waals surface area contributed by atoms with Crippen molar-refractivity contribution in [3.63, 3.8) is 0 Å². The largest absolute Gasteiger partial charge is 0.496 e. The van der Waals surface area contributed by atoms with Gasteiger partial charge >= 0.3 is 5.97 Å². The second kappa shape index (κ2) is 14.3. The normalized spacial score (nSPS) is 12.1. The van der Waals surface area contributed by atoms with Gasteiger partial charge in [-0.2, -0.15) is 0 Å². The average Bonchev–Trinajstić information content (AvgIpc) is 3.71. The van der Waals surface area contributed by atoms with Crippen LogP contribution in [0.15, 0.2) is 97.1 Å². The number of rotatable bonds is 10. The highest BCUT2D eigenvalue weighted by molar-refractivity contribution is 6.08. The zero-order chi connectivity index (χ0) is 39.4. The van der Waals surface area contributed by atoms with E-state index < -0.39 is 18.4 Å². The first-order chi connectivity index (χ1) is 27.2. The lowest BCUT2D eigenvalue weighted by Crippen LogP contribution is -2.17. The molecule has 0 aromatic heterocycles. The Balaban J connectivity index is 1.51. The zero-order valence-electron chi connectivity index (χ0n) is 32.0. The standard InChI is InChI=1S/C48H40O8/c1-25-15-17-28-34-21-38-35(22-39(34)44(36(28)19-25)32-13-9-10-14-33(32)48(52)56-6)29-18-16-27(20-37(29)43(38)31-12-8-7-11-30(31)41(51)24-50)42-40(23-49)45(53-3)26(2)46(54-4)47(42)55-5/h7-22,49-50H,23-24H2,1-6H3. The molecule has 0 aliphatic heterocycles. The van der Waals surface area contributed by atoms with Crippen LogP contribution >= 0.6 is 0 Å². The van der Waals surface area contributed by atoms with Gasteiger partial charge in [0.2, 0.25) is 0 Å². The minimum absolute atomic E-state index is 0.321. The van der Waals surface area contributed by atoms with Crippen molar-refractivity contribution in [2.75, 3.05) is 35.0 Å². The maximum absolute atomic E-state index is 13.4. The number of ether oxygens (including phenoxy) is 4. The summed E-state index contributed by atoms with van der Waals surface area (Å²) in [7, 11) is 6.09. The van der Waals surface area contributed by atoms with Crippen LogP contribution in [-0.2, 0) is 11.3 Å². The Bertz CT molecular complexity index is 2740. The molecular formula is C48H40O8. The lowest BCUT2D eigenvalue weighted by Gasteiger charge is -2.22. The third kappa shape index (κ3) is 5.44. The maximum atomic E-state index is 13.4. The van der Waals surface area contributed by atoms with Crippen LogP contribution in [0.5, 0.6) is 17.2 Å². The van der Waals surface area contributed by atoms with Gasteiger partial charge in [-0.05, 0) is 110 Å². The van der Waals surface area contributed by atoms with Gasteiger partial charge in [-0.25, -0.2) is 4.79 Å². The molecule has 8 rings (SSSR count). The van der Waals surface area contributed by atoms with Crippen molar-refractivity contribution in [3.8, 4) is 50.6 Å². The van der Waals surface area contributed by atoms with E-state index in [9.17, 15) is 19.8 Å². The highest BCUT2D eigenvalue weighted by atomic mass is 16.5. The summed E-state index contributed by atoms with van der Waals surface area (Å²) >= 11 is 0. The lowest BCUT2D eigenvalue weighted by molar-refractivity contribution is 0.0600. The van der Waals surface area contributed by atoms with Crippen LogP contribution in [0.2, 0.25) is 0 Å². The van der Waals surface area contributed by atoms with Crippen LogP contribution in [-0.4, -0.2) is 57.0 Å². The molecule has 0 spiro atoms. The van der Waals surface area contributed by atoms with E-state index in [0.717, 1.165) is 71.7 Å². The molecule has 0 fully saturated rings. The van der Waals surface area contributed by atoms with Crippen molar-refractivity contribution in [1.82, 2.24) is 0 Å². The van der Waals surface area contributed by atoms with Gasteiger partial charge in [0.1, 0.15) is 12.4 Å². The molecule has 0 bridgehead atoms. The van der Waals surface area contributed by atoms with Crippen molar-refractivity contribution < 1.29 is 38.7 Å². The summed E-state index contributed by atoms with van der Waals surface area (Å²) in [5, 5.41) is 22.8. The number of methoxy groups -OCH3 is 4. The molecule has 8 heteroatoms. The summed E-state index contributed by atoms with van der Waals surface area (Å²) in [6.45, 7) is 2.95. The van der Waals surface area contributed by atoms with Crippen LogP contribution in [0.1, 0.15) is 59.7 Å². The van der Waals surface area contributed by atoms with E-state index in [1.54, 1.807) is 39.5 Å². The van der Waals surface area contributed by atoms with Crippen molar-refractivity contribution in [3.05, 3.63) is 158 Å². The number of aryl methyl sites for hydroxylation is 1. The van der Waals surface area contributed by atoms with Gasteiger partial charge < -0.3 is 29.2 Å². The predicted octanol–water partition coefficient (Wildman–Crippen LogP) is 6.91. The van der Waals surface area contributed by atoms with Crippen molar-refractivity contribution in [2.24, 2.45) is 0 Å². The number of benzene rings is 6.